The first-order chi connectivity index (χ1) is 6.54. The van der Waals surface area contributed by atoms with Gasteiger partial charge in [-0.05, 0) is 24.1 Å². The Morgan fingerprint density at radius 2 is 2.29 bits per heavy atom. The SMILES string of the molecule is Cc1cc(C#N)c(S)c(CC(=O)O)c1. The predicted molar refractivity (Wildman–Crippen MR) is 54.5 cm³/mol. The second kappa shape index (κ2) is 4.16. The molecule has 0 aliphatic heterocycles. The maximum absolute atomic E-state index is 10.5. The van der Waals surface area contributed by atoms with Gasteiger partial charge < -0.3 is 5.11 Å². The standard InChI is InChI=1S/C10H9NO2S/c1-6-2-7(4-9(12)13)10(14)8(3-6)5-11/h2-3,14H,4H2,1H3,(H,12,13). The number of carbonyl (C=O) groups is 1. The van der Waals surface area contributed by atoms with Crippen LogP contribution in [0.25, 0.3) is 0 Å². The lowest BCUT2D eigenvalue weighted by molar-refractivity contribution is -0.136. The van der Waals surface area contributed by atoms with E-state index in [4.69, 9.17) is 10.4 Å². The highest BCUT2D eigenvalue weighted by molar-refractivity contribution is 7.80. The van der Waals surface area contributed by atoms with Gasteiger partial charge in [-0.3, -0.25) is 4.79 Å². The number of aliphatic carboxylic acids is 1. The zero-order valence-corrected chi connectivity index (χ0v) is 8.51. The summed E-state index contributed by atoms with van der Waals surface area (Å²) in [6.07, 6.45) is -0.102. The molecule has 1 aromatic rings. The molecular weight excluding hydrogens is 198 g/mol. The second-order valence-corrected chi connectivity index (χ2v) is 3.45. The van der Waals surface area contributed by atoms with Crippen molar-refractivity contribution >= 4 is 18.6 Å². The van der Waals surface area contributed by atoms with Gasteiger partial charge >= 0.3 is 5.97 Å². The van der Waals surface area contributed by atoms with Crippen LogP contribution in [0.2, 0.25) is 0 Å². The van der Waals surface area contributed by atoms with Crippen molar-refractivity contribution in [1.29, 1.82) is 5.26 Å². The third-order valence-electron chi connectivity index (χ3n) is 1.80. The normalized spacial score (nSPS) is 9.50. The lowest BCUT2D eigenvalue weighted by Gasteiger charge is -2.05. The quantitative estimate of drug-likeness (QED) is 0.727. The van der Waals surface area contributed by atoms with Crippen LogP contribution in [0.4, 0.5) is 0 Å². The molecule has 0 radical (unpaired) electrons. The molecule has 72 valence electrons. The number of nitrogens with zero attached hydrogens (tertiary/aromatic N) is 1. The van der Waals surface area contributed by atoms with Crippen molar-refractivity contribution in [1.82, 2.24) is 0 Å². The maximum atomic E-state index is 10.5. The van der Waals surface area contributed by atoms with Crippen LogP contribution >= 0.6 is 12.6 Å². The Hall–Kier alpha value is -1.47. The highest BCUT2D eigenvalue weighted by atomic mass is 32.1. The van der Waals surface area contributed by atoms with Crippen LogP contribution in [0.5, 0.6) is 0 Å². The molecule has 0 bridgehead atoms. The third kappa shape index (κ3) is 2.27. The van der Waals surface area contributed by atoms with E-state index < -0.39 is 5.97 Å². The summed E-state index contributed by atoms with van der Waals surface area (Å²) in [5.74, 6) is -0.921. The van der Waals surface area contributed by atoms with Crippen LogP contribution in [0.1, 0.15) is 16.7 Å². The van der Waals surface area contributed by atoms with Gasteiger partial charge in [-0.1, -0.05) is 6.07 Å². The van der Waals surface area contributed by atoms with Gasteiger partial charge in [0.05, 0.1) is 12.0 Å². The van der Waals surface area contributed by atoms with Crippen LogP contribution in [0.3, 0.4) is 0 Å². The van der Waals surface area contributed by atoms with Crippen molar-refractivity contribution < 1.29 is 9.90 Å². The van der Waals surface area contributed by atoms with E-state index in [0.29, 0.717) is 16.0 Å². The zero-order valence-electron chi connectivity index (χ0n) is 7.61. The van der Waals surface area contributed by atoms with Crippen molar-refractivity contribution in [2.24, 2.45) is 0 Å². The highest BCUT2D eigenvalue weighted by Gasteiger charge is 2.09. The molecular formula is C10H9NO2S. The molecule has 0 amide bonds. The van der Waals surface area contributed by atoms with Crippen LogP contribution < -0.4 is 0 Å². The Bertz CT molecular complexity index is 421. The first kappa shape index (κ1) is 10.6. The number of hydrogen-bond acceptors (Lipinski definition) is 3. The number of carboxylic acids is 1. The van der Waals surface area contributed by atoms with Gasteiger partial charge in [-0.25, -0.2) is 0 Å². The Morgan fingerprint density at radius 3 is 2.79 bits per heavy atom. The molecule has 0 atom stereocenters. The molecule has 3 nitrogen and oxygen atoms in total. The van der Waals surface area contributed by atoms with E-state index in [1.807, 2.05) is 13.0 Å². The molecule has 1 aromatic carbocycles. The summed E-state index contributed by atoms with van der Waals surface area (Å²) in [7, 11) is 0. The number of aryl methyl sites for hydroxylation is 1. The van der Waals surface area contributed by atoms with E-state index in [9.17, 15) is 4.79 Å². The minimum absolute atomic E-state index is 0.102. The van der Waals surface area contributed by atoms with E-state index in [1.165, 1.54) is 0 Å². The molecule has 0 saturated heterocycles. The lowest BCUT2D eigenvalue weighted by Crippen LogP contribution is -2.02. The Balaban J connectivity index is 3.23. The van der Waals surface area contributed by atoms with E-state index in [-0.39, 0.29) is 6.42 Å². The van der Waals surface area contributed by atoms with E-state index in [1.54, 1.807) is 12.1 Å². The van der Waals surface area contributed by atoms with Gasteiger partial charge in [0.15, 0.2) is 0 Å². The van der Waals surface area contributed by atoms with Gasteiger partial charge in [0.2, 0.25) is 0 Å². The van der Waals surface area contributed by atoms with Gasteiger partial charge in [-0.2, -0.15) is 5.26 Å². The van der Waals surface area contributed by atoms with Crippen LogP contribution in [-0.2, 0) is 11.2 Å². The van der Waals surface area contributed by atoms with Crippen LogP contribution in [0, 0.1) is 18.3 Å². The maximum Gasteiger partial charge on any atom is 0.307 e. The summed E-state index contributed by atoms with van der Waals surface area (Å²) in [5.41, 5.74) is 1.87. The number of benzene rings is 1. The Morgan fingerprint density at radius 1 is 1.64 bits per heavy atom. The molecule has 0 aliphatic carbocycles. The van der Waals surface area contributed by atoms with Gasteiger partial charge in [-0.15, -0.1) is 12.6 Å². The molecule has 0 heterocycles. The average Bonchev–Trinajstić information content (AvgIpc) is 2.09. The van der Waals surface area contributed by atoms with Gasteiger partial charge in [0, 0.05) is 4.90 Å². The lowest BCUT2D eigenvalue weighted by atomic mass is 10.0. The molecule has 0 aromatic heterocycles. The van der Waals surface area contributed by atoms with Gasteiger partial charge in [0.25, 0.3) is 0 Å². The molecule has 1 N–H and O–H groups in total. The van der Waals surface area contributed by atoms with E-state index in [2.05, 4.69) is 12.6 Å². The van der Waals surface area contributed by atoms with E-state index >= 15 is 0 Å². The molecule has 0 saturated carbocycles. The van der Waals surface area contributed by atoms with Crippen molar-refractivity contribution in [3.63, 3.8) is 0 Å². The number of carboxylic acid groups (broad SMARTS) is 1. The molecule has 0 unspecified atom stereocenters. The van der Waals surface area contributed by atoms with Crippen molar-refractivity contribution in [3.8, 4) is 6.07 Å². The molecule has 0 fully saturated rings. The Labute approximate surface area is 87.4 Å². The van der Waals surface area contributed by atoms with Gasteiger partial charge in [0.1, 0.15) is 6.07 Å². The largest absolute Gasteiger partial charge is 0.481 e. The summed E-state index contributed by atoms with van der Waals surface area (Å²) >= 11 is 4.13. The summed E-state index contributed by atoms with van der Waals surface area (Å²) < 4.78 is 0. The molecule has 0 spiro atoms. The Kier molecular flexibility index (Phi) is 3.15. The molecule has 4 heteroatoms. The summed E-state index contributed by atoms with van der Waals surface area (Å²) in [6.45, 7) is 1.82. The van der Waals surface area contributed by atoms with Crippen LogP contribution in [0.15, 0.2) is 17.0 Å². The highest BCUT2D eigenvalue weighted by Crippen LogP contribution is 2.21. The monoisotopic (exact) mass is 207 g/mol. The van der Waals surface area contributed by atoms with Crippen molar-refractivity contribution in [3.05, 3.63) is 28.8 Å². The molecule has 14 heavy (non-hydrogen) atoms. The first-order valence-corrected chi connectivity index (χ1v) is 4.43. The zero-order chi connectivity index (χ0) is 10.7. The second-order valence-electron chi connectivity index (χ2n) is 3.00. The molecule has 0 aliphatic rings. The smallest absolute Gasteiger partial charge is 0.307 e. The third-order valence-corrected chi connectivity index (χ3v) is 2.32. The fourth-order valence-electron chi connectivity index (χ4n) is 1.24. The summed E-state index contributed by atoms with van der Waals surface area (Å²) in [5, 5.41) is 17.4. The van der Waals surface area contributed by atoms with Crippen LogP contribution in [-0.4, -0.2) is 11.1 Å². The minimum Gasteiger partial charge on any atom is -0.481 e. The summed E-state index contributed by atoms with van der Waals surface area (Å²) in [4.78, 5) is 11.0. The van der Waals surface area contributed by atoms with Crippen molar-refractivity contribution in [2.45, 2.75) is 18.2 Å². The van der Waals surface area contributed by atoms with E-state index in [0.717, 1.165) is 5.56 Å². The fraction of sp³-hybridized carbons (Fsp3) is 0.200. The summed E-state index contributed by atoms with van der Waals surface area (Å²) in [6, 6.07) is 5.40. The number of hydrogen-bond donors (Lipinski definition) is 2. The van der Waals surface area contributed by atoms with Crippen molar-refractivity contribution in [2.75, 3.05) is 0 Å². The number of rotatable bonds is 2. The number of nitriles is 1. The average molecular weight is 207 g/mol. The fourth-order valence-corrected chi connectivity index (χ4v) is 1.49. The topological polar surface area (TPSA) is 61.1 Å². The minimum atomic E-state index is -0.921. The predicted octanol–water partition coefficient (Wildman–Crippen LogP) is 1.78. The number of thiol groups is 1. The first-order valence-electron chi connectivity index (χ1n) is 3.99. The molecule has 1 rings (SSSR count).